The fraction of sp³-hybridized carbons (Fsp3) is 0.500. The average molecular weight is 355 g/mol. The number of carbonyl (C=O) groups excluding carboxylic acids is 1. The van der Waals surface area contributed by atoms with Crippen LogP contribution in [-0.2, 0) is 9.53 Å². The summed E-state index contributed by atoms with van der Waals surface area (Å²) in [7, 11) is 0. The van der Waals surface area contributed by atoms with Crippen molar-refractivity contribution in [1.29, 1.82) is 0 Å². The number of aliphatic carboxylic acids is 1. The number of ether oxygens (including phenoxy) is 1. The van der Waals surface area contributed by atoms with Crippen molar-refractivity contribution in [2.75, 3.05) is 49.6 Å². The number of amides is 2. The molecule has 3 rings (SSSR count). The van der Waals surface area contributed by atoms with Gasteiger partial charge in [0.05, 0.1) is 30.5 Å². The number of carboxylic acids is 1. The first-order valence-corrected chi connectivity index (χ1v) is 8.06. The Kier molecular flexibility index (Phi) is 5.03. The molecule has 0 bridgehead atoms. The van der Waals surface area contributed by atoms with Crippen molar-refractivity contribution in [1.82, 2.24) is 4.90 Å². The van der Waals surface area contributed by atoms with Crippen molar-refractivity contribution in [2.45, 2.75) is 6.42 Å². The normalized spacial score (nSPS) is 20.6. The molecule has 2 aliphatic heterocycles. The number of halogens is 2. The van der Waals surface area contributed by atoms with Gasteiger partial charge in [-0.3, -0.25) is 4.79 Å². The molecule has 0 saturated carbocycles. The van der Waals surface area contributed by atoms with E-state index >= 15 is 0 Å². The largest absolute Gasteiger partial charge is 0.481 e. The van der Waals surface area contributed by atoms with Crippen LogP contribution >= 0.6 is 0 Å². The highest BCUT2D eigenvalue weighted by Crippen LogP contribution is 2.30. The van der Waals surface area contributed by atoms with Crippen LogP contribution in [0.5, 0.6) is 0 Å². The molecule has 0 aliphatic carbocycles. The zero-order chi connectivity index (χ0) is 18.0. The third-order valence-corrected chi connectivity index (χ3v) is 4.46. The Morgan fingerprint density at radius 1 is 1.16 bits per heavy atom. The quantitative estimate of drug-likeness (QED) is 0.863. The van der Waals surface area contributed by atoms with Crippen LogP contribution in [0.1, 0.15) is 6.42 Å². The minimum Gasteiger partial charge on any atom is -0.481 e. The second-order valence-electron chi connectivity index (χ2n) is 6.08. The molecule has 0 aromatic heterocycles. The van der Waals surface area contributed by atoms with Crippen molar-refractivity contribution in [3.8, 4) is 0 Å². The van der Waals surface area contributed by atoms with E-state index in [1.54, 1.807) is 0 Å². The van der Waals surface area contributed by atoms with Crippen LogP contribution in [0.3, 0.4) is 0 Å². The minimum absolute atomic E-state index is 0.0950. The molecule has 1 unspecified atom stereocenters. The lowest BCUT2D eigenvalue weighted by atomic mass is 10.1. The lowest BCUT2D eigenvalue weighted by molar-refractivity contribution is -0.141. The molecule has 2 heterocycles. The molecule has 9 heteroatoms. The maximum Gasteiger partial charge on any atom is 0.321 e. The van der Waals surface area contributed by atoms with Crippen molar-refractivity contribution < 1.29 is 28.2 Å². The lowest BCUT2D eigenvalue weighted by Crippen LogP contribution is -2.38. The number of rotatable bonds is 3. The maximum atomic E-state index is 13.7. The van der Waals surface area contributed by atoms with E-state index in [9.17, 15) is 18.4 Å². The molecule has 2 saturated heterocycles. The first-order valence-electron chi connectivity index (χ1n) is 8.06. The van der Waals surface area contributed by atoms with Gasteiger partial charge >= 0.3 is 12.0 Å². The monoisotopic (exact) mass is 355 g/mol. The Morgan fingerprint density at radius 3 is 2.48 bits per heavy atom. The van der Waals surface area contributed by atoms with Gasteiger partial charge in [0.15, 0.2) is 11.6 Å². The second kappa shape index (κ2) is 7.22. The SMILES string of the molecule is O=C(O)C1CCN(C(=O)Nc2cc(F)c(F)cc2N2CCOCC2)C1. The van der Waals surface area contributed by atoms with Gasteiger partial charge in [0.2, 0.25) is 0 Å². The third-order valence-electron chi connectivity index (χ3n) is 4.46. The smallest absolute Gasteiger partial charge is 0.321 e. The predicted molar refractivity (Wildman–Crippen MR) is 85.7 cm³/mol. The summed E-state index contributed by atoms with van der Waals surface area (Å²) in [5.74, 6) is -3.60. The van der Waals surface area contributed by atoms with E-state index in [1.807, 2.05) is 4.90 Å². The minimum atomic E-state index is -1.06. The van der Waals surface area contributed by atoms with E-state index in [0.29, 0.717) is 45.0 Å². The summed E-state index contributed by atoms with van der Waals surface area (Å²) >= 11 is 0. The summed E-state index contributed by atoms with van der Waals surface area (Å²) in [6.45, 7) is 2.31. The van der Waals surface area contributed by atoms with Crippen LogP contribution < -0.4 is 10.2 Å². The summed E-state index contributed by atoms with van der Waals surface area (Å²) in [6.07, 6.45) is 0.372. The highest BCUT2D eigenvalue weighted by Gasteiger charge is 2.31. The van der Waals surface area contributed by atoms with Crippen molar-refractivity contribution >= 4 is 23.4 Å². The van der Waals surface area contributed by atoms with E-state index in [-0.39, 0.29) is 12.2 Å². The van der Waals surface area contributed by atoms with Gasteiger partial charge in [0.1, 0.15) is 0 Å². The van der Waals surface area contributed by atoms with Crippen molar-refractivity contribution in [2.24, 2.45) is 5.92 Å². The van der Waals surface area contributed by atoms with E-state index in [2.05, 4.69) is 5.32 Å². The number of anilines is 2. The number of hydrogen-bond acceptors (Lipinski definition) is 4. The van der Waals surface area contributed by atoms with Crippen molar-refractivity contribution in [3.05, 3.63) is 23.8 Å². The molecule has 7 nitrogen and oxygen atoms in total. The third kappa shape index (κ3) is 3.81. The molecule has 1 aromatic rings. The van der Waals surface area contributed by atoms with Crippen LogP contribution in [0.15, 0.2) is 12.1 Å². The predicted octanol–water partition coefficient (Wildman–Crippen LogP) is 1.74. The van der Waals surface area contributed by atoms with E-state index < -0.39 is 29.6 Å². The van der Waals surface area contributed by atoms with Crippen LogP contribution in [0.25, 0.3) is 0 Å². The summed E-state index contributed by atoms with van der Waals surface area (Å²) < 4.78 is 32.6. The number of nitrogens with one attached hydrogen (secondary N) is 1. The topological polar surface area (TPSA) is 82.1 Å². The number of likely N-dealkylation sites (tertiary alicyclic amines) is 1. The van der Waals surface area contributed by atoms with E-state index in [0.717, 1.165) is 12.1 Å². The standard InChI is InChI=1S/C16H19F2N3O4/c17-11-7-13(14(8-12(11)18)20-3-5-25-6-4-20)19-16(24)21-2-1-10(9-21)15(22)23/h7-8,10H,1-6,9H2,(H,19,24)(H,22,23). The van der Waals surface area contributed by atoms with Crippen LogP contribution in [0.2, 0.25) is 0 Å². The maximum absolute atomic E-state index is 13.7. The van der Waals surface area contributed by atoms with E-state index in [1.165, 1.54) is 4.90 Å². The molecule has 0 spiro atoms. The fourth-order valence-corrected chi connectivity index (χ4v) is 3.04. The first kappa shape index (κ1) is 17.4. The highest BCUT2D eigenvalue weighted by molar-refractivity contribution is 5.94. The van der Waals surface area contributed by atoms with Gasteiger partial charge in [-0.25, -0.2) is 13.6 Å². The second-order valence-corrected chi connectivity index (χ2v) is 6.08. The Bertz CT molecular complexity index is 680. The summed E-state index contributed by atoms with van der Waals surface area (Å²) in [6, 6.07) is 1.48. The molecule has 2 fully saturated rings. The number of morpholine rings is 1. The zero-order valence-corrected chi connectivity index (χ0v) is 13.5. The average Bonchev–Trinajstić information content (AvgIpc) is 3.09. The Hall–Kier alpha value is -2.42. The molecule has 1 aromatic carbocycles. The highest BCUT2D eigenvalue weighted by atomic mass is 19.2. The van der Waals surface area contributed by atoms with Gasteiger partial charge in [-0.15, -0.1) is 0 Å². The van der Waals surface area contributed by atoms with Gasteiger partial charge in [-0.2, -0.15) is 0 Å². The van der Waals surface area contributed by atoms with Gasteiger partial charge in [-0.05, 0) is 6.42 Å². The Morgan fingerprint density at radius 2 is 1.84 bits per heavy atom. The number of hydrogen-bond donors (Lipinski definition) is 2. The molecule has 25 heavy (non-hydrogen) atoms. The molecule has 0 radical (unpaired) electrons. The lowest BCUT2D eigenvalue weighted by Gasteiger charge is -2.31. The van der Waals surface area contributed by atoms with Crippen LogP contribution in [-0.4, -0.2) is 61.4 Å². The van der Waals surface area contributed by atoms with Gasteiger partial charge in [-0.1, -0.05) is 0 Å². The van der Waals surface area contributed by atoms with Gasteiger partial charge < -0.3 is 25.0 Å². The number of benzene rings is 1. The molecule has 2 N–H and O–H groups in total. The van der Waals surface area contributed by atoms with Gasteiger partial charge in [0, 0.05) is 38.3 Å². The number of urea groups is 1. The zero-order valence-electron chi connectivity index (χ0n) is 13.5. The van der Waals surface area contributed by atoms with Gasteiger partial charge in [0.25, 0.3) is 0 Å². The summed E-state index contributed by atoms with van der Waals surface area (Å²) in [4.78, 5) is 26.6. The molecule has 136 valence electrons. The first-order chi connectivity index (χ1) is 12.0. The molecule has 1 atom stereocenters. The molecular weight excluding hydrogens is 336 g/mol. The molecule has 2 amide bonds. The Balaban J connectivity index is 1.78. The Labute approximate surface area is 143 Å². The fourth-order valence-electron chi connectivity index (χ4n) is 3.04. The van der Waals surface area contributed by atoms with Crippen LogP contribution in [0.4, 0.5) is 25.0 Å². The number of carbonyl (C=O) groups is 2. The molecule has 2 aliphatic rings. The van der Waals surface area contributed by atoms with E-state index in [4.69, 9.17) is 9.84 Å². The summed E-state index contributed by atoms with van der Waals surface area (Å²) in [5.41, 5.74) is 0.536. The molecular formula is C16H19F2N3O4. The van der Waals surface area contributed by atoms with Crippen LogP contribution in [0, 0.1) is 17.6 Å². The van der Waals surface area contributed by atoms with Crippen molar-refractivity contribution in [3.63, 3.8) is 0 Å². The summed E-state index contributed by atoms with van der Waals surface area (Å²) in [5, 5.41) is 11.6. The number of nitrogens with zero attached hydrogens (tertiary/aromatic N) is 2. The number of carboxylic acid groups (broad SMARTS) is 1.